The van der Waals surface area contributed by atoms with Gasteiger partial charge in [-0.3, -0.25) is 0 Å². The van der Waals surface area contributed by atoms with E-state index in [0.717, 1.165) is 17.7 Å². The summed E-state index contributed by atoms with van der Waals surface area (Å²) in [6, 6.07) is 13.4. The van der Waals surface area contributed by atoms with E-state index >= 15 is 0 Å². The van der Waals surface area contributed by atoms with Crippen LogP contribution in [0.5, 0.6) is 5.75 Å². The Balaban J connectivity index is 1.81. The minimum Gasteiger partial charge on any atom is -0.491 e. The molecular weight excluding hydrogens is 321 g/mol. The fourth-order valence-electron chi connectivity index (χ4n) is 2.28. The van der Waals surface area contributed by atoms with Gasteiger partial charge in [0.1, 0.15) is 11.6 Å². The molecule has 0 N–H and O–H groups in total. The quantitative estimate of drug-likeness (QED) is 0.601. The number of esters is 1. The Morgan fingerprint density at radius 2 is 1.92 bits per heavy atom. The fraction of sp³-hybridized carbons (Fsp3) is 0.200. The smallest absolute Gasteiger partial charge is 0.363 e. The van der Waals surface area contributed by atoms with Gasteiger partial charge in [-0.25, -0.2) is 14.2 Å². The lowest BCUT2D eigenvalue weighted by Crippen LogP contribution is -2.09. The highest BCUT2D eigenvalue weighted by Crippen LogP contribution is 2.22. The van der Waals surface area contributed by atoms with Crippen LogP contribution in [-0.2, 0) is 9.53 Å². The van der Waals surface area contributed by atoms with Crippen molar-refractivity contribution >= 4 is 17.9 Å². The summed E-state index contributed by atoms with van der Waals surface area (Å²) >= 11 is 0. The van der Waals surface area contributed by atoms with Crippen molar-refractivity contribution < 1.29 is 18.7 Å². The summed E-state index contributed by atoms with van der Waals surface area (Å²) in [5.74, 6) is -0.341. The Morgan fingerprint density at radius 1 is 1.20 bits per heavy atom. The molecule has 5 heteroatoms. The number of ether oxygens (including phenoxy) is 2. The van der Waals surface area contributed by atoms with Crippen LogP contribution in [0, 0.1) is 5.82 Å². The van der Waals surface area contributed by atoms with Crippen LogP contribution < -0.4 is 4.74 Å². The van der Waals surface area contributed by atoms with Crippen molar-refractivity contribution in [1.82, 2.24) is 0 Å². The first-order chi connectivity index (χ1) is 12.1. The van der Waals surface area contributed by atoms with Crippen molar-refractivity contribution in [3.05, 3.63) is 71.2 Å². The summed E-state index contributed by atoms with van der Waals surface area (Å²) < 4.78 is 24.6. The first kappa shape index (κ1) is 16.9. The first-order valence-corrected chi connectivity index (χ1v) is 8.11. The average Bonchev–Trinajstić information content (AvgIpc) is 2.97. The standard InChI is InChI=1S/C20H18FNO3/c1-3-13(2)24-15-10-8-14(9-11-15)12-18-20(23)25-19(22-18)16-6-4-5-7-17(16)21/h4-13H,3H2,1-2H3/b18-12-. The molecule has 4 nitrogen and oxygen atoms in total. The van der Waals surface area contributed by atoms with Crippen LogP contribution in [0.4, 0.5) is 4.39 Å². The molecule has 0 aromatic heterocycles. The number of nitrogens with zero attached hydrogens (tertiary/aromatic N) is 1. The molecular formula is C20H18FNO3. The van der Waals surface area contributed by atoms with Gasteiger partial charge in [0.2, 0.25) is 5.90 Å². The van der Waals surface area contributed by atoms with Crippen molar-refractivity contribution in [2.45, 2.75) is 26.4 Å². The number of benzene rings is 2. The summed E-state index contributed by atoms with van der Waals surface area (Å²) in [6.07, 6.45) is 2.66. The Kier molecular flexibility index (Phi) is 4.93. The maximum atomic E-state index is 13.8. The molecule has 0 saturated heterocycles. The molecule has 1 aliphatic heterocycles. The van der Waals surface area contributed by atoms with E-state index in [1.54, 1.807) is 18.2 Å². The second-order valence-corrected chi connectivity index (χ2v) is 5.72. The van der Waals surface area contributed by atoms with Gasteiger partial charge in [-0.15, -0.1) is 0 Å². The lowest BCUT2D eigenvalue weighted by Gasteiger charge is -2.12. The molecule has 1 atom stereocenters. The third-order valence-corrected chi connectivity index (χ3v) is 3.82. The predicted octanol–water partition coefficient (Wildman–Crippen LogP) is 4.35. The number of halogens is 1. The molecule has 0 bridgehead atoms. The Bertz CT molecular complexity index is 840. The minimum absolute atomic E-state index is 0.0222. The van der Waals surface area contributed by atoms with Crippen molar-refractivity contribution in [3.8, 4) is 5.75 Å². The van der Waals surface area contributed by atoms with Crippen LogP contribution in [0.15, 0.2) is 59.2 Å². The minimum atomic E-state index is -0.599. The second-order valence-electron chi connectivity index (χ2n) is 5.72. The molecule has 1 unspecified atom stereocenters. The van der Waals surface area contributed by atoms with Gasteiger partial charge in [-0.05, 0) is 49.2 Å². The Morgan fingerprint density at radius 3 is 2.60 bits per heavy atom. The summed E-state index contributed by atoms with van der Waals surface area (Å²) in [4.78, 5) is 16.1. The molecule has 1 heterocycles. The summed E-state index contributed by atoms with van der Waals surface area (Å²) in [5.41, 5.74) is 1.08. The highest BCUT2D eigenvalue weighted by Gasteiger charge is 2.25. The molecule has 128 valence electrons. The van der Waals surface area contributed by atoms with Crippen LogP contribution in [-0.4, -0.2) is 18.0 Å². The van der Waals surface area contributed by atoms with Gasteiger partial charge in [0, 0.05) is 0 Å². The second kappa shape index (κ2) is 7.30. The number of rotatable bonds is 5. The van der Waals surface area contributed by atoms with Crippen molar-refractivity contribution in [2.24, 2.45) is 4.99 Å². The molecule has 1 aliphatic rings. The lowest BCUT2D eigenvalue weighted by atomic mass is 10.2. The molecule has 0 amide bonds. The number of aliphatic imine (C=N–C) groups is 1. The summed E-state index contributed by atoms with van der Waals surface area (Å²) in [6.45, 7) is 4.06. The molecule has 3 rings (SSSR count). The lowest BCUT2D eigenvalue weighted by molar-refractivity contribution is -0.129. The van der Waals surface area contributed by atoms with Crippen molar-refractivity contribution in [1.29, 1.82) is 0 Å². The van der Waals surface area contributed by atoms with Gasteiger partial charge in [0.15, 0.2) is 5.70 Å². The van der Waals surface area contributed by atoms with Crippen LogP contribution in [0.3, 0.4) is 0 Å². The van der Waals surface area contributed by atoms with Crippen LogP contribution in [0.1, 0.15) is 31.4 Å². The summed E-state index contributed by atoms with van der Waals surface area (Å²) in [5, 5.41) is 0. The van der Waals surface area contributed by atoms with Gasteiger partial charge >= 0.3 is 5.97 Å². The third-order valence-electron chi connectivity index (χ3n) is 3.82. The third kappa shape index (κ3) is 3.94. The molecule has 0 spiro atoms. The van der Waals surface area contributed by atoms with Gasteiger partial charge in [-0.2, -0.15) is 0 Å². The SMILES string of the molecule is CCC(C)Oc1ccc(/C=C2\N=C(c3ccccc3F)OC2=O)cc1. The fourth-order valence-corrected chi connectivity index (χ4v) is 2.28. The molecule has 25 heavy (non-hydrogen) atoms. The van der Waals surface area contributed by atoms with E-state index in [9.17, 15) is 9.18 Å². The first-order valence-electron chi connectivity index (χ1n) is 8.11. The van der Waals surface area contributed by atoms with Crippen LogP contribution in [0.25, 0.3) is 6.08 Å². The zero-order valence-corrected chi connectivity index (χ0v) is 14.0. The Hall–Kier alpha value is -2.95. The average molecular weight is 339 g/mol. The maximum absolute atomic E-state index is 13.8. The van der Waals surface area contributed by atoms with E-state index in [1.165, 1.54) is 12.1 Å². The molecule has 2 aromatic rings. The number of hydrogen-bond donors (Lipinski definition) is 0. The van der Waals surface area contributed by atoms with Gasteiger partial charge in [0.25, 0.3) is 0 Å². The van der Waals surface area contributed by atoms with E-state index in [4.69, 9.17) is 9.47 Å². The van der Waals surface area contributed by atoms with E-state index < -0.39 is 11.8 Å². The largest absolute Gasteiger partial charge is 0.491 e. The highest BCUT2D eigenvalue weighted by atomic mass is 19.1. The number of cyclic esters (lactones) is 1. The van der Waals surface area contributed by atoms with Crippen LogP contribution >= 0.6 is 0 Å². The van der Waals surface area contributed by atoms with Gasteiger partial charge in [-0.1, -0.05) is 31.2 Å². The highest BCUT2D eigenvalue weighted by molar-refractivity contribution is 6.12. The number of carbonyl (C=O) groups is 1. The normalized spacial score (nSPS) is 16.5. The monoisotopic (exact) mass is 339 g/mol. The molecule has 2 aromatic carbocycles. The van der Waals surface area contributed by atoms with E-state index in [-0.39, 0.29) is 23.3 Å². The van der Waals surface area contributed by atoms with Gasteiger partial charge < -0.3 is 9.47 Å². The van der Waals surface area contributed by atoms with E-state index in [1.807, 2.05) is 31.2 Å². The van der Waals surface area contributed by atoms with E-state index in [2.05, 4.69) is 11.9 Å². The zero-order chi connectivity index (χ0) is 17.8. The molecule has 0 aliphatic carbocycles. The van der Waals surface area contributed by atoms with Gasteiger partial charge in [0.05, 0.1) is 11.7 Å². The molecule has 0 fully saturated rings. The topological polar surface area (TPSA) is 47.9 Å². The van der Waals surface area contributed by atoms with E-state index in [0.29, 0.717) is 0 Å². The number of carbonyl (C=O) groups excluding carboxylic acids is 1. The molecule has 0 radical (unpaired) electrons. The predicted molar refractivity (Wildman–Crippen MR) is 93.8 cm³/mol. The zero-order valence-electron chi connectivity index (χ0n) is 14.0. The molecule has 0 saturated carbocycles. The van der Waals surface area contributed by atoms with Crippen molar-refractivity contribution in [2.75, 3.05) is 0 Å². The van der Waals surface area contributed by atoms with Crippen molar-refractivity contribution in [3.63, 3.8) is 0 Å². The number of hydrogen-bond acceptors (Lipinski definition) is 4. The Labute approximate surface area is 145 Å². The maximum Gasteiger partial charge on any atom is 0.363 e. The summed E-state index contributed by atoms with van der Waals surface area (Å²) in [7, 11) is 0. The van der Waals surface area contributed by atoms with Crippen LogP contribution in [0.2, 0.25) is 0 Å².